The molecule has 1 fully saturated rings. The topological polar surface area (TPSA) is 23.6 Å². The van der Waals surface area contributed by atoms with Crippen LogP contribution >= 0.6 is 0 Å². The molecule has 0 spiro atoms. The number of amides is 1. The minimum atomic E-state index is -0.446. The Morgan fingerprint density at radius 3 is 2.70 bits per heavy atom. The van der Waals surface area contributed by atoms with Crippen molar-refractivity contribution in [1.29, 1.82) is 0 Å². The predicted octanol–water partition coefficient (Wildman–Crippen LogP) is 4.16. The van der Waals surface area contributed by atoms with Crippen LogP contribution in [0.3, 0.4) is 0 Å². The van der Waals surface area contributed by atoms with Crippen molar-refractivity contribution in [3.63, 3.8) is 0 Å². The van der Waals surface area contributed by atoms with Gasteiger partial charge in [-0.1, -0.05) is 36.4 Å². The fourth-order valence-electron chi connectivity index (χ4n) is 3.98. The van der Waals surface area contributed by atoms with Gasteiger partial charge in [0.25, 0.3) is 5.91 Å². The number of aryl methyl sites for hydroxylation is 1. The molecule has 1 aliphatic rings. The van der Waals surface area contributed by atoms with E-state index >= 15 is 0 Å². The smallest absolute Gasteiger partial charge is 0.256 e. The lowest BCUT2D eigenvalue weighted by Crippen LogP contribution is -2.42. The van der Waals surface area contributed by atoms with Crippen molar-refractivity contribution < 1.29 is 9.18 Å². The number of rotatable bonds is 6. The van der Waals surface area contributed by atoms with Gasteiger partial charge in [0.05, 0.1) is 5.56 Å². The first-order valence-corrected chi connectivity index (χ1v) is 9.81. The molecule has 144 valence electrons. The number of halogens is 1. The van der Waals surface area contributed by atoms with Gasteiger partial charge in [-0.15, -0.1) is 0 Å². The lowest BCUT2D eigenvalue weighted by Gasteiger charge is -2.35. The van der Waals surface area contributed by atoms with Crippen LogP contribution in [0.1, 0.15) is 34.3 Å². The molecule has 1 heterocycles. The van der Waals surface area contributed by atoms with Gasteiger partial charge in [-0.05, 0) is 61.9 Å². The van der Waals surface area contributed by atoms with Crippen molar-refractivity contribution in [2.24, 2.45) is 5.92 Å². The maximum absolute atomic E-state index is 13.9. The second-order valence-corrected chi connectivity index (χ2v) is 7.65. The fourth-order valence-corrected chi connectivity index (χ4v) is 3.98. The van der Waals surface area contributed by atoms with E-state index in [9.17, 15) is 9.18 Å². The molecule has 0 N–H and O–H groups in total. The van der Waals surface area contributed by atoms with E-state index in [4.69, 9.17) is 0 Å². The van der Waals surface area contributed by atoms with Gasteiger partial charge in [-0.25, -0.2) is 4.39 Å². The Morgan fingerprint density at radius 2 is 1.93 bits per heavy atom. The number of carbonyl (C=O) groups is 1. The zero-order valence-electron chi connectivity index (χ0n) is 16.3. The summed E-state index contributed by atoms with van der Waals surface area (Å²) in [4.78, 5) is 16.7. The Morgan fingerprint density at radius 1 is 1.19 bits per heavy atom. The summed E-state index contributed by atoms with van der Waals surface area (Å²) in [6.07, 6.45) is 3.33. The van der Waals surface area contributed by atoms with Crippen LogP contribution in [0.4, 0.5) is 4.39 Å². The highest BCUT2D eigenvalue weighted by Gasteiger charge is 2.24. The van der Waals surface area contributed by atoms with Crippen molar-refractivity contribution >= 4 is 5.91 Å². The summed E-state index contributed by atoms with van der Waals surface area (Å²) in [5.41, 5.74) is 2.92. The number of likely N-dealkylation sites (tertiary alicyclic amines) is 1. The van der Waals surface area contributed by atoms with Crippen LogP contribution in [-0.2, 0) is 6.42 Å². The van der Waals surface area contributed by atoms with E-state index in [1.165, 1.54) is 17.2 Å². The minimum absolute atomic E-state index is 0.159. The molecule has 3 rings (SSSR count). The summed E-state index contributed by atoms with van der Waals surface area (Å²) in [5.74, 6) is -0.237. The molecule has 1 atom stereocenters. The molecule has 27 heavy (non-hydrogen) atoms. The Kier molecular flexibility index (Phi) is 6.62. The van der Waals surface area contributed by atoms with Gasteiger partial charge in [0, 0.05) is 26.7 Å². The molecular formula is C23H29FN2O. The quantitative estimate of drug-likeness (QED) is 0.764. The molecule has 0 saturated carbocycles. The first kappa shape index (κ1) is 19.6. The zero-order chi connectivity index (χ0) is 19.2. The maximum Gasteiger partial charge on any atom is 0.256 e. The third-order valence-corrected chi connectivity index (χ3v) is 5.54. The van der Waals surface area contributed by atoms with E-state index in [0.717, 1.165) is 38.9 Å². The van der Waals surface area contributed by atoms with Crippen LogP contribution in [0, 0.1) is 18.7 Å². The summed E-state index contributed by atoms with van der Waals surface area (Å²) in [6, 6.07) is 14.8. The van der Waals surface area contributed by atoms with Crippen LogP contribution in [-0.4, -0.2) is 48.9 Å². The van der Waals surface area contributed by atoms with Crippen molar-refractivity contribution in [3.05, 3.63) is 71.0 Å². The summed E-state index contributed by atoms with van der Waals surface area (Å²) >= 11 is 0. The second-order valence-electron chi connectivity index (χ2n) is 7.65. The average Bonchev–Trinajstić information content (AvgIpc) is 2.67. The number of nitrogens with zero attached hydrogens (tertiary/aromatic N) is 2. The van der Waals surface area contributed by atoms with Crippen LogP contribution in [0.2, 0.25) is 0 Å². The molecule has 4 heteroatoms. The van der Waals surface area contributed by atoms with Crippen molar-refractivity contribution in [2.75, 3.05) is 33.2 Å². The monoisotopic (exact) mass is 368 g/mol. The Balaban J connectivity index is 1.52. The van der Waals surface area contributed by atoms with Gasteiger partial charge in [-0.3, -0.25) is 4.79 Å². The van der Waals surface area contributed by atoms with E-state index in [1.807, 2.05) is 0 Å². The Labute approximate surface area is 161 Å². The number of piperidine rings is 1. The van der Waals surface area contributed by atoms with E-state index in [2.05, 4.69) is 36.1 Å². The number of carbonyl (C=O) groups excluding carboxylic acids is 1. The van der Waals surface area contributed by atoms with Crippen LogP contribution in [0.15, 0.2) is 48.5 Å². The van der Waals surface area contributed by atoms with Gasteiger partial charge < -0.3 is 9.80 Å². The van der Waals surface area contributed by atoms with Gasteiger partial charge in [-0.2, -0.15) is 0 Å². The summed E-state index contributed by atoms with van der Waals surface area (Å²) in [7, 11) is 1.78. The SMILES string of the molecule is Cc1ccccc1CCN1CCCC(CN(C)C(=O)c2ccccc2F)C1. The molecule has 2 aromatic rings. The molecule has 1 unspecified atom stereocenters. The normalized spacial score (nSPS) is 17.7. The fraction of sp³-hybridized carbons (Fsp3) is 0.435. The van der Waals surface area contributed by atoms with E-state index in [0.29, 0.717) is 12.5 Å². The minimum Gasteiger partial charge on any atom is -0.341 e. The molecule has 2 aromatic carbocycles. The standard InChI is InChI=1S/C23H29FN2O/c1-18-8-3-4-10-20(18)13-15-26-14-7-9-19(17-26)16-25(2)23(27)21-11-5-6-12-22(21)24/h3-6,8,10-12,19H,7,9,13-17H2,1-2H3. The highest BCUT2D eigenvalue weighted by Crippen LogP contribution is 2.19. The molecule has 0 aliphatic carbocycles. The zero-order valence-corrected chi connectivity index (χ0v) is 16.3. The van der Waals surface area contributed by atoms with Gasteiger partial charge in [0.2, 0.25) is 0 Å². The third-order valence-electron chi connectivity index (χ3n) is 5.54. The van der Waals surface area contributed by atoms with Gasteiger partial charge >= 0.3 is 0 Å². The predicted molar refractivity (Wildman–Crippen MR) is 107 cm³/mol. The molecule has 1 saturated heterocycles. The van der Waals surface area contributed by atoms with Gasteiger partial charge in [0.1, 0.15) is 5.82 Å². The van der Waals surface area contributed by atoms with Gasteiger partial charge in [0.15, 0.2) is 0 Å². The van der Waals surface area contributed by atoms with Crippen LogP contribution < -0.4 is 0 Å². The second kappa shape index (κ2) is 9.14. The summed E-state index contributed by atoms with van der Waals surface area (Å²) < 4.78 is 13.9. The first-order valence-electron chi connectivity index (χ1n) is 9.81. The molecule has 0 radical (unpaired) electrons. The highest BCUT2D eigenvalue weighted by atomic mass is 19.1. The highest BCUT2D eigenvalue weighted by molar-refractivity contribution is 5.94. The van der Waals surface area contributed by atoms with Crippen LogP contribution in [0.25, 0.3) is 0 Å². The number of hydrogen-bond acceptors (Lipinski definition) is 2. The molecule has 0 bridgehead atoms. The Hall–Kier alpha value is -2.20. The van der Waals surface area contributed by atoms with E-state index < -0.39 is 5.82 Å². The molecule has 3 nitrogen and oxygen atoms in total. The molecule has 1 amide bonds. The molecule has 0 aromatic heterocycles. The van der Waals surface area contributed by atoms with E-state index in [-0.39, 0.29) is 11.5 Å². The third kappa shape index (κ3) is 5.16. The lowest BCUT2D eigenvalue weighted by molar-refractivity contribution is 0.0726. The number of benzene rings is 2. The van der Waals surface area contributed by atoms with Crippen LogP contribution in [0.5, 0.6) is 0 Å². The summed E-state index contributed by atoms with van der Waals surface area (Å²) in [6.45, 7) is 6.01. The maximum atomic E-state index is 13.9. The van der Waals surface area contributed by atoms with Crippen molar-refractivity contribution in [1.82, 2.24) is 9.80 Å². The summed E-state index contributed by atoms with van der Waals surface area (Å²) in [5, 5.41) is 0. The lowest BCUT2D eigenvalue weighted by atomic mass is 9.96. The molecule has 1 aliphatic heterocycles. The number of hydrogen-bond donors (Lipinski definition) is 0. The van der Waals surface area contributed by atoms with Crippen molar-refractivity contribution in [2.45, 2.75) is 26.2 Å². The van der Waals surface area contributed by atoms with E-state index in [1.54, 1.807) is 30.1 Å². The van der Waals surface area contributed by atoms with Crippen molar-refractivity contribution in [3.8, 4) is 0 Å². The first-order chi connectivity index (χ1) is 13.0. The average molecular weight is 368 g/mol. The Bertz CT molecular complexity index is 776. The largest absolute Gasteiger partial charge is 0.341 e. The molecular weight excluding hydrogens is 339 g/mol.